The van der Waals surface area contributed by atoms with Gasteiger partial charge in [0.2, 0.25) is 0 Å². The Labute approximate surface area is 163 Å². The smallest absolute Gasteiger partial charge is 0.338 e. The van der Waals surface area contributed by atoms with Gasteiger partial charge < -0.3 is 15.2 Å². The number of amides is 1. The Bertz CT molecular complexity index is 839. The van der Waals surface area contributed by atoms with Crippen LogP contribution in [-0.4, -0.2) is 35.0 Å². The van der Waals surface area contributed by atoms with Crippen molar-refractivity contribution < 1.29 is 24.2 Å². The molecule has 28 heavy (non-hydrogen) atoms. The number of hydrogen-bond donors (Lipinski definition) is 2. The monoisotopic (exact) mass is 381 g/mol. The van der Waals surface area contributed by atoms with Crippen LogP contribution >= 0.6 is 0 Å². The van der Waals surface area contributed by atoms with Crippen molar-refractivity contribution in [3.05, 3.63) is 65.7 Å². The van der Waals surface area contributed by atoms with E-state index in [4.69, 9.17) is 4.74 Å². The van der Waals surface area contributed by atoms with Gasteiger partial charge in [0.15, 0.2) is 18.0 Å². The highest BCUT2D eigenvalue weighted by Gasteiger charge is 2.38. The van der Waals surface area contributed by atoms with Gasteiger partial charge in [-0.05, 0) is 62.1 Å². The van der Waals surface area contributed by atoms with Crippen LogP contribution in [0.3, 0.4) is 0 Å². The average molecular weight is 381 g/mol. The lowest BCUT2D eigenvalue weighted by Crippen LogP contribution is -2.42. The minimum atomic E-state index is -1.47. The molecule has 6 heteroatoms. The van der Waals surface area contributed by atoms with Crippen LogP contribution < -0.4 is 5.32 Å². The molecule has 1 saturated carbocycles. The van der Waals surface area contributed by atoms with E-state index in [0.717, 1.165) is 19.3 Å². The summed E-state index contributed by atoms with van der Waals surface area (Å²) >= 11 is 0. The largest absolute Gasteiger partial charge is 0.455 e. The Kier molecular flexibility index (Phi) is 6.21. The molecular weight excluding hydrogens is 358 g/mol. The number of rotatable bonds is 6. The molecule has 2 aromatic rings. The number of carbonyl (C=O) groups excluding carboxylic acids is 3. The molecule has 146 valence electrons. The fourth-order valence-electron chi connectivity index (χ4n) is 3.22. The van der Waals surface area contributed by atoms with Crippen molar-refractivity contribution in [2.75, 3.05) is 11.9 Å². The summed E-state index contributed by atoms with van der Waals surface area (Å²) in [5.41, 5.74) is -0.0142. The van der Waals surface area contributed by atoms with Gasteiger partial charge in [-0.3, -0.25) is 9.59 Å². The number of ether oxygens (including phenoxy) is 1. The second-order valence-electron chi connectivity index (χ2n) is 6.99. The van der Waals surface area contributed by atoms with E-state index in [1.165, 1.54) is 0 Å². The Morgan fingerprint density at radius 2 is 1.54 bits per heavy atom. The summed E-state index contributed by atoms with van der Waals surface area (Å²) in [6.45, 7) is -0.420. The Morgan fingerprint density at radius 3 is 2.18 bits per heavy atom. The zero-order valence-corrected chi connectivity index (χ0v) is 15.5. The topological polar surface area (TPSA) is 92.7 Å². The first-order valence-electron chi connectivity index (χ1n) is 9.37. The zero-order chi connectivity index (χ0) is 20.0. The molecule has 2 N–H and O–H groups in total. The van der Waals surface area contributed by atoms with Gasteiger partial charge in [0.1, 0.15) is 0 Å². The van der Waals surface area contributed by atoms with Crippen LogP contribution in [-0.2, 0) is 9.53 Å². The highest BCUT2D eigenvalue weighted by atomic mass is 16.6. The van der Waals surface area contributed by atoms with Gasteiger partial charge in [-0.25, -0.2) is 4.79 Å². The Morgan fingerprint density at radius 1 is 0.893 bits per heavy atom. The molecule has 2 aromatic carbocycles. The van der Waals surface area contributed by atoms with E-state index >= 15 is 0 Å². The lowest BCUT2D eigenvalue weighted by molar-refractivity contribution is -0.167. The number of nitrogens with one attached hydrogen (secondary N) is 1. The van der Waals surface area contributed by atoms with Crippen molar-refractivity contribution in [1.82, 2.24) is 0 Å². The van der Waals surface area contributed by atoms with Crippen molar-refractivity contribution in [2.45, 2.75) is 37.7 Å². The first-order valence-corrected chi connectivity index (χ1v) is 9.37. The van der Waals surface area contributed by atoms with Crippen LogP contribution in [0, 0.1) is 0 Å². The number of Topliss-reactive ketones (excluding diaryl/α,β-unsaturated/α-hetero) is 1. The predicted octanol–water partition coefficient (Wildman–Crippen LogP) is 3.36. The van der Waals surface area contributed by atoms with Gasteiger partial charge >= 0.3 is 5.97 Å². The fourth-order valence-corrected chi connectivity index (χ4v) is 3.22. The van der Waals surface area contributed by atoms with E-state index in [1.807, 2.05) is 6.07 Å². The lowest BCUT2D eigenvalue weighted by atomic mass is 9.85. The first-order chi connectivity index (χ1) is 13.5. The van der Waals surface area contributed by atoms with Crippen molar-refractivity contribution in [3.8, 4) is 0 Å². The highest BCUT2D eigenvalue weighted by Crippen LogP contribution is 2.29. The summed E-state index contributed by atoms with van der Waals surface area (Å²) in [7, 11) is 0. The van der Waals surface area contributed by atoms with Gasteiger partial charge in [0.05, 0.1) is 0 Å². The molecule has 1 fully saturated rings. The summed E-state index contributed by atoms with van der Waals surface area (Å²) in [6.07, 6.45) is 3.28. The lowest BCUT2D eigenvalue weighted by Gasteiger charge is -2.29. The zero-order valence-electron chi connectivity index (χ0n) is 15.5. The highest BCUT2D eigenvalue weighted by molar-refractivity contribution is 6.04. The van der Waals surface area contributed by atoms with Gasteiger partial charge in [-0.2, -0.15) is 0 Å². The number of carbonyl (C=O) groups is 3. The van der Waals surface area contributed by atoms with Crippen LogP contribution in [0.4, 0.5) is 5.69 Å². The molecule has 0 aromatic heterocycles. The quantitative estimate of drug-likeness (QED) is 0.591. The molecule has 0 radical (unpaired) electrons. The molecule has 0 atom stereocenters. The second kappa shape index (κ2) is 8.80. The van der Waals surface area contributed by atoms with Crippen LogP contribution in [0.15, 0.2) is 54.6 Å². The summed E-state index contributed by atoms with van der Waals surface area (Å²) < 4.78 is 5.05. The van der Waals surface area contributed by atoms with E-state index in [1.54, 1.807) is 48.5 Å². The summed E-state index contributed by atoms with van der Waals surface area (Å²) in [5.74, 6) is -1.34. The Hall–Kier alpha value is -2.99. The molecular formula is C22H23NO5. The third-order valence-electron chi connectivity index (χ3n) is 4.90. The molecule has 3 rings (SSSR count). The predicted molar refractivity (Wildman–Crippen MR) is 104 cm³/mol. The maximum absolute atomic E-state index is 12.2. The average Bonchev–Trinajstić information content (AvgIpc) is 2.73. The van der Waals surface area contributed by atoms with Crippen molar-refractivity contribution in [3.63, 3.8) is 0 Å². The van der Waals surface area contributed by atoms with Gasteiger partial charge in [0, 0.05) is 16.8 Å². The van der Waals surface area contributed by atoms with Crippen LogP contribution in [0.2, 0.25) is 0 Å². The SMILES string of the molecule is O=C(COC(=O)C1(O)CCCCC1)c1ccc(NC(=O)c2ccccc2)cc1. The normalized spacial score (nSPS) is 15.5. The van der Waals surface area contributed by atoms with Gasteiger partial charge in [-0.15, -0.1) is 0 Å². The maximum Gasteiger partial charge on any atom is 0.338 e. The molecule has 0 heterocycles. The standard InChI is InChI=1S/C22H23NO5/c24-19(15-28-21(26)22(27)13-5-2-6-14-22)16-9-11-18(12-10-16)23-20(25)17-7-3-1-4-8-17/h1,3-4,7-12,27H,2,5-6,13-15H2,(H,23,25). The van der Waals surface area contributed by atoms with Crippen molar-refractivity contribution in [2.24, 2.45) is 0 Å². The van der Waals surface area contributed by atoms with E-state index in [0.29, 0.717) is 29.7 Å². The van der Waals surface area contributed by atoms with E-state index in [-0.39, 0.29) is 11.7 Å². The van der Waals surface area contributed by atoms with Gasteiger partial charge in [0.25, 0.3) is 5.91 Å². The summed E-state index contributed by atoms with van der Waals surface area (Å²) in [5, 5.41) is 13.1. The van der Waals surface area contributed by atoms with Crippen LogP contribution in [0.5, 0.6) is 0 Å². The number of anilines is 1. The molecule has 0 spiro atoms. The van der Waals surface area contributed by atoms with E-state index < -0.39 is 18.2 Å². The molecule has 0 saturated heterocycles. The van der Waals surface area contributed by atoms with Crippen molar-refractivity contribution in [1.29, 1.82) is 0 Å². The van der Waals surface area contributed by atoms with Crippen LogP contribution in [0.1, 0.15) is 52.8 Å². The number of aliphatic hydroxyl groups is 1. The van der Waals surface area contributed by atoms with Gasteiger partial charge in [-0.1, -0.05) is 24.6 Å². The Balaban J connectivity index is 1.53. The molecule has 1 amide bonds. The first kappa shape index (κ1) is 19.8. The minimum absolute atomic E-state index is 0.241. The maximum atomic E-state index is 12.2. The fraction of sp³-hybridized carbons (Fsp3) is 0.318. The summed E-state index contributed by atoms with van der Waals surface area (Å²) in [6, 6.07) is 15.2. The molecule has 0 bridgehead atoms. The number of ketones is 1. The number of hydrogen-bond acceptors (Lipinski definition) is 5. The minimum Gasteiger partial charge on any atom is -0.455 e. The van der Waals surface area contributed by atoms with E-state index in [9.17, 15) is 19.5 Å². The number of benzene rings is 2. The van der Waals surface area contributed by atoms with E-state index in [2.05, 4.69) is 5.32 Å². The molecule has 6 nitrogen and oxygen atoms in total. The molecule has 1 aliphatic rings. The molecule has 0 unspecified atom stereocenters. The van der Waals surface area contributed by atoms with Crippen molar-refractivity contribution >= 4 is 23.3 Å². The number of esters is 1. The summed E-state index contributed by atoms with van der Waals surface area (Å²) in [4.78, 5) is 36.5. The van der Waals surface area contributed by atoms with Crippen LogP contribution in [0.25, 0.3) is 0 Å². The molecule has 1 aliphatic carbocycles. The molecule has 0 aliphatic heterocycles. The third-order valence-corrected chi connectivity index (χ3v) is 4.90. The second-order valence-corrected chi connectivity index (χ2v) is 6.99. The third kappa shape index (κ3) is 4.84.